The molecule has 0 aliphatic heterocycles. The van der Waals surface area contributed by atoms with Crippen LogP contribution < -0.4 is 4.72 Å². The van der Waals surface area contributed by atoms with E-state index in [1.807, 2.05) is 39.0 Å². The number of sulfonamides is 1. The number of nitrogens with one attached hydrogen (secondary N) is 1. The Bertz CT molecular complexity index is 743. The maximum absolute atomic E-state index is 12.3. The number of halogens is 1. The van der Waals surface area contributed by atoms with Gasteiger partial charge in [0.1, 0.15) is 10.0 Å². The zero-order valence-corrected chi connectivity index (χ0v) is 13.7. The van der Waals surface area contributed by atoms with E-state index in [0.29, 0.717) is 0 Å². The largest absolute Gasteiger partial charge is 0.243 e. The Balaban J connectivity index is 2.25. The average Bonchev–Trinajstić information content (AvgIpc) is 2.38. The van der Waals surface area contributed by atoms with Crippen molar-refractivity contribution in [3.8, 4) is 0 Å². The van der Waals surface area contributed by atoms with E-state index in [-0.39, 0.29) is 16.1 Å². The topological polar surface area (TPSA) is 59.1 Å². The highest BCUT2D eigenvalue weighted by Gasteiger charge is 2.19. The Morgan fingerprint density at radius 3 is 2.48 bits per heavy atom. The molecular weight excluding hydrogens is 308 g/mol. The summed E-state index contributed by atoms with van der Waals surface area (Å²) in [7, 11) is -3.62. The number of hydrogen-bond acceptors (Lipinski definition) is 3. The predicted molar refractivity (Wildman–Crippen MR) is 83.9 cm³/mol. The van der Waals surface area contributed by atoms with Gasteiger partial charge in [-0.2, -0.15) is 0 Å². The van der Waals surface area contributed by atoms with Crippen molar-refractivity contribution in [2.45, 2.75) is 31.7 Å². The van der Waals surface area contributed by atoms with Crippen molar-refractivity contribution in [2.75, 3.05) is 0 Å². The third-order valence-corrected chi connectivity index (χ3v) is 4.98. The van der Waals surface area contributed by atoms with Crippen LogP contribution in [0.3, 0.4) is 0 Å². The molecule has 0 aliphatic carbocycles. The molecule has 0 spiro atoms. The molecule has 1 unspecified atom stereocenters. The standard InChI is InChI=1S/C15H17ClN2O2S/c1-10-4-6-14(11(2)8-10)12(3)18-21(19,20)13-5-7-15(16)17-9-13/h4-9,12,18H,1-3H3. The Hall–Kier alpha value is -1.43. The highest BCUT2D eigenvalue weighted by molar-refractivity contribution is 7.89. The summed E-state index contributed by atoms with van der Waals surface area (Å²) >= 11 is 5.67. The molecule has 6 heteroatoms. The van der Waals surface area contributed by atoms with Gasteiger partial charge in [-0.05, 0) is 44.0 Å². The number of hydrogen-bond donors (Lipinski definition) is 1. The summed E-state index contributed by atoms with van der Waals surface area (Å²) in [6.07, 6.45) is 1.25. The van der Waals surface area contributed by atoms with Gasteiger partial charge in [0, 0.05) is 12.2 Å². The van der Waals surface area contributed by atoms with Crippen LogP contribution in [0.2, 0.25) is 5.15 Å². The summed E-state index contributed by atoms with van der Waals surface area (Å²) in [5.74, 6) is 0. The second kappa shape index (κ2) is 6.13. The van der Waals surface area contributed by atoms with Crippen molar-refractivity contribution in [1.29, 1.82) is 0 Å². The molecule has 0 radical (unpaired) electrons. The van der Waals surface area contributed by atoms with E-state index in [2.05, 4.69) is 9.71 Å². The molecule has 2 rings (SSSR count). The van der Waals surface area contributed by atoms with Gasteiger partial charge >= 0.3 is 0 Å². The van der Waals surface area contributed by atoms with Crippen LogP contribution >= 0.6 is 11.6 Å². The van der Waals surface area contributed by atoms with Gasteiger partial charge in [0.25, 0.3) is 0 Å². The molecule has 1 aromatic carbocycles. The number of aromatic nitrogens is 1. The van der Waals surface area contributed by atoms with Crippen molar-refractivity contribution >= 4 is 21.6 Å². The molecule has 0 amide bonds. The maximum Gasteiger partial charge on any atom is 0.242 e. The smallest absolute Gasteiger partial charge is 0.242 e. The van der Waals surface area contributed by atoms with Crippen LogP contribution in [-0.2, 0) is 10.0 Å². The third-order valence-electron chi connectivity index (χ3n) is 3.23. The van der Waals surface area contributed by atoms with Crippen molar-refractivity contribution in [3.05, 3.63) is 58.4 Å². The van der Waals surface area contributed by atoms with Gasteiger partial charge in [-0.25, -0.2) is 18.1 Å². The summed E-state index contributed by atoms with van der Waals surface area (Å²) in [6.45, 7) is 5.79. The fourth-order valence-corrected chi connectivity index (χ4v) is 3.48. The Kier molecular flexibility index (Phi) is 4.66. The fourth-order valence-electron chi connectivity index (χ4n) is 2.20. The molecule has 112 valence electrons. The summed E-state index contributed by atoms with van der Waals surface area (Å²) in [4.78, 5) is 3.90. The minimum absolute atomic E-state index is 0.100. The van der Waals surface area contributed by atoms with E-state index in [4.69, 9.17) is 11.6 Å². The van der Waals surface area contributed by atoms with Gasteiger partial charge in [-0.15, -0.1) is 0 Å². The highest BCUT2D eigenvalue weighted by atomic mass is 35.5. The molecular formula is C15H17ClN2O2S. The van der Waals surface area contributed by atoms with Crippen LogP contribution in [0.1, 0.15) is 29.7 Å². The summed E-state index contributed by atoms with van der Waals surface area (Å²) < 4.78 is 27.3. The maximum atomic E-state index is 12.3. The van der Waals surface area contributed by atoms with Crippen LogP contribution in [0.25, 0.3) is 0 Å². The Morgan fingerprint density at radius 2 is 1.90 bits per heavy atom. The quantitative estimate of drug-likeness (QED) is 0.877. The van der Waals surface area contributed by atoms with Crippen molar-refractivity contribution in [3.63, 3.8) is 0 Å². The molecule has 1 aromatic heterocycles. The van der Waals surface area contributed by atoms with Crippen LogP contribution in [0.4, 0.5) is 0 Å². The average molecular weight is 325 g/mol. The predicted octanol–water partition coefficient (Wildman–Crippen LogP) is 3.39. The molecule has 1 heterocycles. The first-order chi connectivity index (χ1) is 9.79. The molecule has 0 bridgehead atoms. The van der Waals surface area contributed by atoms with Gasteiger partial charge in [0.05, 0.1) is 0 Å². The molecule has 21 heavy (non-hydrogen) atoms. The lowest BCUT2D eigenvalue weighted by Gasteiger charge is -2.17. The zero-order valence-electron chi connectivity index (χ0n) is 12.1. The summed E-state index contributed by atoms with van der Waals surface area (Å²) in [6, 6.07) is 8.51. The van der Waals surface area contributed by atoms with Crippen LogP contribution in [0.15, 0.2) is 41.4 Å². The lowest BCUT2D eigenvalue weighted by molar-refractivity contribution is 0.566. The summed E-state index contributed by atoms with van der Waals surface area (Å²) in [5.41, 5.74) is 3.15. The van der Waals surface area contributed by atoms with Crippen LogP contribution in [0, 0.1) is 13.8 Å². The van der Waals surface area contributed by atoms with Gasteiger partial charge < -0.3 is 0 Å². The van der Waals surface area contributed by atoms with E-state index in [1.54, 1.807) is 0 Å². The normalized spacial score (nSPS) is 13.1. The molecule has 4 nitrogen and oxygen atoms in total. The van der Waals surface area contributed by atoms with Crippen LogP contribution in [-0.4, -0.2) is 13.4 Å². The Morgan fingerprint density at radius 1 is 1.19 bits per heavy atom. The van der Waals surface area contributed by atoms with Crippen molar-refractivity contribution in [2.24, 2.45) is 0 Å². The van der Waals surface area contributed by atoms with Gasteiger partial charge in [0.2, 0.25) is 10.0 Å². The van der Waals surface area contributed by atoms with Crippen molar-refractivity contribution in [1.82, 2.24) is 9.71 Å². The van der Waals surface area contributed by atoms with E-state index >= 15 is 0 Å². The molecule has 1 atom stereocenters. The molecule has 0 saturated heterocycles. The van der Waals surface area contributed by atoms with Gasteiger partial charge in [0.15, 0.2) is 0 Å². The fraction of sp³-hybridized carbons (Fsp3) is 0.267. The zero-order chi connectivity index (χ0) is 15.6. The number of pyridine rings is 1. The second-order valence-corrected chi connectivity index (χ2v) is 7.12. The highest BCUT2D eigenvalue weighted by Crippen LogP contribution is 2.21. The first kappa shape index (κ1) is 15.9. The monoisotopic (exact) mass is 324 g/mol. The number of aryl methyl sites for hydroxylation is 2. The Labute approximate surface area is 130 Å². The van der Waals surface area contributed by atoms with Crippen molar-refractivity contribution < 1.29 is 8.42 Å². The van der Waals surface area contributed by atoms with E-state index in [1.165, 1.54) is 18.3 Å². The first-order valence-electron chi connectivity index (χ1n) is 6.50. The third kappa shape index (κ3) is 3.81. The molecule has 0 aliphatic rings. The van der Waals surface area contributed by atoms with Gasteiger partial charge in [-0.3, -0.25) is 0 Å². The van der Waals surface area contributed by atoms with Crippen LogP contribution in [0.5, 0.6) is 0 Å². The number of benzene rings is 1. The van der Waals surface area contributed by atoms with E-state index in [9.17, 15) is 8.42 Å². The SMILES string of the molecule is Cc1ccc(C(C)NS(=O)(=O)c2ccc(Cl)nc2)c(C)c1. The summed E-state index contributed by atoms with van der Waals surface area (Å²) in [5, 5.41) is 0.261. The van der Waals surface area contributed by atoms with E-state index in [0.717, 1.165) is 16.7 Å². The molecule has 0 saturated carbocycles. The molecule has 0 fully saturated rings. The van der Waals surface area contributed by atoms with E-state index < -0.39 is 10.0 Å². The second-order valence-electron chi connectivity index (χ2n) is 5.02. The molecule has 1 N–H and O–H groups in total. The lowest BCUT2D eigenvalue weighted by Crippen LogP contribution is -2.27. The minimum atomic E-state index is -3.62. The molecule has 2 aromatic rings. The number of nitrogens with zero attached hydrogens (tertiary/aromatic N) is 1. The van der Waals surface area contributed by atoms with Gasteiger partial charge in [-0.1, -0.05) is 35.4 Å². The number of rotatable bonds is 4. The lowest BCUT2D eigenvalue weighted by atomic mass is 10.0. The minimum Gasteiger partial charge on any atom is -0.243 e. The first-order valence-corrected chi connectivity index (χ1v) is 8.37.